The smallest absolute Gasteiger partial charge is 0.211 e. The van der Waals surface area contributed by atoms with Crippen LogP contribution in [0.1, 0.15) is 18.4 Å². The zero-order valence-corrected chi connectivity index (χ0v) is 12.2. The Balaban J connectivity index is 2.56. The lowest BCUT2D eigenvalue weighted by Gasteiger charge is -2.09. The first-order chi connectivity index (χ1) is 9.24. The Kier molecular flexibility index (Phi) is 6.29. The van der Waals surface area contributed by atoms with Crippen molar-refractivity contribution in [2.45, 2.75) is 30.3 Å². The number of alkyl halides is 4. The molecule has 0 saturated carbocycles. The molecule has 0 unspecified atom stereocenters. The maximum absolute atomic E-state index is 11.9. The molecular weight excluding hydrogens is 315 g/mol. The van der Waals surface area contributed by atoms with E-state index < -0.39 is 22.6 Å². The first-order valence-electron chi connectivity index (χ1n) is 5.96. The van der Waals surface area contributed by atoms with Crippen molar-refractivity contribution in [3.8, 4) is 0 Å². The van der Waals surface area contributed by atoms with E-state index in [1.807, 2.05) is 0 Å². The summed E-state index contributed by atoms with van der Waals surface area (Å²) in [5.41, 5.74) is 0.899. The summed E-state index contributed by atoms with van der Waals surface area (Å²) in [4.78, 5) is 0.0304. The highest BCUT2D eigenvalue weighted by molar-refractivity contribution is 7.89. The molecule has 1 aromatic rings. The molecular formula is C12H15ClF3NO2S. The van der Waals surface area contributed by atoms with Gasteiger partial charge in [-0.1, -0.05) is 12.1 Å². The van der Waals surface area contributed by atoms with Gasteiger partial charge in [0.05, 0.1) is 4.90 Å². The molecule has 0 atom stereocenters. The van der Waals surface area contributed by atoms with Crippen LogP contribution in [0.25, 0.3) is 0 Å². The molecule has 1 aromatic carbocycles. The second-order valence-electron chi connectivity index (χ2n) is 4.20. The van der Waals surface area contributed by atoms with Crippen LogP contribution in [-0.4, -0.2) is 27.0 Å². The molecule has 0 aliphatic rings. The summed E-state index contributed by atoms with van der Waals surface area (Å²) < 4.78 is 61.5. The van der Waals surface area contributed by atoms with Crippen LogP contribution in [0.5, 0.6) is 0 Å². The average Bonchev–Trinajstić information content (AvgIpc) is 2.35. The summed E-state index contributed by atoms with van der Waals surface area (Å²) in [6.07, 6.45) is -4.94. The third kappa shape index (κ3) is 6.11. The van der Waals surface area contributed by atoms with Gasteiger partial charge in [-0.05, 0) is 30.5 Å². The van der Waals surface area contributed by atoms with E-state index in [4.69, 9.17) is 11.6 Å². The summed E-state index contributed by atoms with van der Waals surface area (Å²) in [5, 5.41) is 0. The van der Waals surface area contributed by atoms with Gasteiger partial charge < -0.3 is 0 Å². The topological polar surface area (TPSA) is 46.2 Å². The maximum Gasteiger partial charge on any atom is 0.389 e. The van der Waals surface area contributed by atoms with Gasteiger partial charge in [-0.2, -0.15) is 13.2 Å². The monoisotopic (exact) mass is 329 g/mol. The highest BCUT2D eigenvalue weighted by Gasteiger charge is 2.26. The Bertz CT molecular complexity index is 514. The number of hydrogen-bond donors (Lipinski definition) is 1. The molecule has 3 nitrogen and oxygen atoms in total. The number of benzene rings is 1. The molecule has 0 heterocycles. The predicted molar refractivity (Wildman–Crippen MR) is 71.3 cm³/mol. The fourth-order valence-electron chi connectivity index (χ4n) is 1.52. The number of halogens is 4. The highest BCUT2D eigenvalue weighted by Crippen LogP contribution is 2.21. The van der Waals surface area contributed by atoms with Gasteiger partial charge in [-0.15, -0.1) is 11.6 Å². The van der Waals surface area contributed by atoms with E-state index >= 15 is 0 Å². The Labute approximate surface area is 121 Å². The van der Waals surface area contributed by atoms with Crippen LogP contribution in [0.15, 0.2) is 29.2 Å². The van der Waals surface area contributed by atoms with E-state index in [0.717, 1.165) is 5.56 Å². The van der Waals surface area contributed by atoms with Gasteiger partial charge >= 0.3 is 6.18 Å². The Morgan fingerprint density at radius 1 is 1.15 bits per heavy atom. The highest BCUT2D eigenvalue weighted by atomic mass is 35.5. The summed E-state index contributed by atoms with van der Waals surface area (Å²) in [5.74, 6) is 0.432. The quantitative estimate of drug-likeness (QED) is 0.617. The third-order valence-electron chi connectivity index (χ3n) is 2.55. The first-order valence-corrected chi connectivity index (χ1v) is 7.98. The van der Waals surface area contributed by atoms with Gasteiger partial charge in [0.25, 0.3) is 0 Å². The van der Waals surface area contributed by atoms with E-state index in [9.17, 15) is 21.6 Å². The zero-order chi connectivity index (χ0) is 15.2. The van der Waals surface area contributed by atoms with Crippen molar-refractivity contribution >= 4 is 21.6 Å². The minimum absolute atomic E-state index is 0.0304. The molecule has 8 heteroatoms. The molecule has 0 spiro atoms. The minimum Gasteiger partial charge on any atom is -0.211 e. The van der Waals surface area contributed by atoms with E-state index in [1.54, 1.807) is 12.1 Å². The maximum atomic E-state index is 11.9. The number of rotatable bonds is 7. The van der Waals surface area contributed by atoms with Crippen molar-refractivity contribution in [2.75, 3.05) is 12.4 Å². The van der Waals surface area contributed by atoms with E-state index in [1.165, 1.54) is 12.1 Å². The molecule has 0 radical (unpaired) electrons. The van der Waals surface area contributed by atoms with Gasteiger partial charge in [0.15, 0.2) is 0 Å². The molecule has 0 bridgehead atoms. The second-order valence-corrected chi connectivity index (χ2v) is 6.34. The summed E-state index contributed by atoms with van der Waals surface area (Å²) in [7, 11) is -3.76. The first kappa shape index (κ1) is 17.3. The van der Waals surface area contributed by atoms with E-state index in [-0.39, 0.29) is 17.9 Å². The van der Waals surface area contributed by atoms with Crippen molar-refractivity contribution in [2.24, 2.45) is 0 Å². The lowest BCUT2D eigenvalue weighted by Crippen LogP contribution is -2.25. The Morgan fingerprint density at radius 3 is 2.25 bits per heavy atom. The minimum atomic E-state index is -4.27. The van der Waals surface area contributed by atoms with Crippen molar-refractivity contribution < 1.29 is 21.6 Å². The van der Waals surface area contributed by atoms with E-state index in [2.05, 4.69) is 4.72 Å². The number of hydrogen-bond acceptors (Lipinski definition) is 2. The largest absolute Gasteiger partial charge is 0.389 e. The third-order valence-corrected chi connectivity index (χ3v) is 4.21. The van der Waals surface area contributed by atoms with Crippen LogP contribution in [0.3, 0.4) is 0 Å². The van der Waals surface area contributed by atoms with Crippen molar-refractivity contribution in [3.63, 3.8) is 0 Å². The van der Waals surface area contributed by atoms with Crippen LogP contribution < -0.4 is 4.72 Å². The number of aryl methyl sites for hydroxylation is 1. The standard InChI is InChI=1S/C12H15ClF3NO2S/c13-8-6-10-2-4-11(5-3-10)20(18,19)17-9-1-7-12(14,15)16/h2-5,17H,1,6-9H2. The lowest BCUT2D eigenvalue weighted by molar-refractivity contribution is -0.135. The molecule has 0 saturated heterocycles. The molecule has 0 aromatic heterocycles. The lowest BCUT2D eigenvalue weighted by atomic mass is 10.2. The van der Waals surface area contributed by atoms with Crippen LogP contribution in [-0.2, 0) is 16.4 Å². The van der Waals surface area contributed by atoms with Crippen LogP contribution >= 0.6 is 11.6 Å². The van der Waals surface area contributed by atoms with E-state index in [0.29, 0.717) is 12.3 Å². The van der Waals surface area contributed by atoms with Crippen molar-refractivity contribution in [1.82, 2.24) is 4.72 Å². The molecule has 0 aliphatic heterocycles. The molecule has 0 fully saturated rings. The van der Waals surface area contributed by atoms with Gasteiger partial charge in [0.1, 0.15) is 0 Å². The van der Waals surface area contributed by atoms with Gasteiger partial charge in [0, 0.05) is 18.8 Å². The molecule has 114 valence electrons. The van der Waals surface area contributed by atoms with Gasteiger partial charge in [-0.25, -0.2) is 13.1 Å². The normalized spacial score (nSPS) is 12.6. The number of nitrogens with one attached hydrogen (secondary N) is 1. The molecule has 1 N–H and O–H groups in total. The van der Waals surface area contributed by atoms with Crippen LogP contribution in [0.2, 0.25) is 0 Å². The van der Waals surface area contributed by atoms with Gasteiger partial charge in [0.2, 0.25) is 10.0 Å². The summed E-state index contributed by atoms with van der Waals surface area (Å²) in [6, 6.07) is 6.08. The molecule has 0 aliphatic carbocycles. The predicted octanol–water partition coefficient (Wildman–Crippen LogP) is 3.09. The summed E-state index contributed by atoms with van der Waals surface area (Å²) in [6.45, 7) is -0.245. The Morgan fingerprint density at radius 2 is 1.75 bits per heavy atom. The van der Waals surface area contributed by atoms with Crippen molar-refractivity contribution in [1.29, 1.82) is 0 Å². The van der Waals surface area contributed by atoms with Crippen LogP contribution in [0.4, 0.5) is 13.2 Å². The molecule has 0 amide bonds. The molecule has 1 rings (SSSR count). The summed E-state index contributed by atoms with van der Waals surface area (Å²) >= 11 is 5.56. The second kappa shape index (κ2) is 7.28. The fourth-order valence-corrected chi connectivity index (χ4v) is 2.82. The fraction of sp³-hybridized carbons (Fsp3) is 0.500. The zero-order valence-electron chi connectivity index (χ0n) is 10.6. The average molecular weight is 330 g/mol. The van der Waals surface area contributed by atoms with Crippen molar-refractivity contribution in [3.05, 3.63) is 29.8 Å². The number of sulfonamides is 1. The molecule has 20 heavy (non-hydrogen) atoms. The van der Waals surface area contributed by atoms with Gasteiger partial charge in [-0.3, -0.25) is 0 Å². The SMILES string of the molecule is O=S(=O)(NCCCC(F)(F)F)c1ccc(CCCl)cc1. The van der Waals surface area contributed by atoms with Crippen LogP contribution in [0, 0.1) is 0 Å². The Hall–Kier alpha value is -0.790.